The van der Waals surface area contributed by atoms with E-state index in [4.69, 9.17) is 16.3 Å². The second-order valence-corrected chi connectivity index (χ2v) is 8.16. The van der Waals surface area contributed by atoms with Crippen LogP contribution in [0.25, 0.3) is 11.3 Å². The summed E-state index contributed by atoms with van der Waals surface area (Å²) in [5.41, 5.74) is 3.21. The predicted octanol–water partition coefficient (Wildman–Crippen LogP) is 2.65. The maximum Gasteiger partial charge on any atom is 0.254 e. The van der Waals surface area contributed by atoms with Crippen molar-refractivity contribution < 1.29 is 19.4 Å². The van der Waals surface area contributed by atoms with Crippen LogP contribution in [0.5, 0.6) is 5.75 Å². The van der Waals surface area contributed by atoms with Gasteiger partial charge in [0.05, 0.1) is 36.7 Å². The molecule has 0 saturated carbocycles. The molecule has 0 bridgehead atoms. The summed E-state index contributed by atoms with van der Waals surface area (Å²) in [5.74, 6) is 0.407. The Morgan fingerprint density at radius 2 is 2.12 bits per heavy atom. The number of benzene rings is 2. The van der Waals surface area contributed by atoms with Crippen LogP contribution < -0.4 is 15.4 Å². The van der Waals surface area contributed by atoms with Gasteiger partial charge in [0.25, 0.3) is 5.91 Å². The van der Waals surface area contributed by atoms with Crippen molar-refractivity contribution in [2.75, 3.05) is 32.6 Å². The third-order valence-electron chi connectivity index (χ3n) is 5.58. The number of carbonyl (C=O) groups excluding carboxylic acids is 2. The minimum Gasteiger partial charge on any atom is -0.497 e. The second-order valence-electron chi connectivity index (χ2n) is 7.75. The fourth-order valence-electron chi connectivity index (χ4n) is 3.83. The van der Waals surface area contributed by atoms with E-state index in [0.717, 1.165) is 5.56 Å². The summed E-state index contributed by atoms with van der Waals surface area (Å²) >= 11 is 6.27. The molecule has 1 unspecified atom stereocenters. The van der Waals surface area contributed by atoms with Gasteiger partial charge in [0.2, 0.25) is 11.9 Å². The average Bonchev–Trinajstić information content (AvgIpc) is 3.17. The molecule has 0 aliphatic carbocycles. The van der Waals surface area contributed by atoms with E-state index in [1.807, 2.05) is 12.1 Å². The lowest BCUT2D eigenvalue weighted by atomic mass is 10.0. The highest BCUT2D eigenvalue weighted by Crippen LogP contribution is 2.31. The highest BCUT2D eigenvalue weighted by atomic mass is 35.5. The van der Waals surface area contributed by atoms with E-state index >= 15 is 0 Å². The Morgan fingerprint density at radius 1 is 1.29 bits per heavy atom. The van der Waals surface area contributed by atoms with Crippen LogP contribution in [0, 0.1) is 0 Å². The lowest BCUT2D eigenvalue weighted by Gasteiger charge is -2.20. The summed E-state index contributed by atoms with van der Waals surface area (Å²) in [6.45, 7) is -0.115. The first kappa shape index (κ1) is 23.5. The molecule has 1 aliphatic rings. The summed E-state index contributed by atoms with van der Waals surface area (Å²) in [4.78, 5) is 35.7. The summed E-state index contributed by atoms with van der Waals surface area (Å²) in [5, 5.41) is 15.8. The van der Waals surface area contributed by atoms with Gasteiger partial charge < -0.3 is 25.4 Å². The largest absolute Gasteiger partial charge is 0.497 e. The predicted molar refractivity (Wildman–Crippen MR) is 128 cm³/mol. The van der Waals surface area contributed by atoms with Gasteiger partial charge in [-0.15, -0.1) is 0 Å². The van der Waals surface area contributed by atoms with Crippen molar-refractivity contribution in [2.45, 2.75) is 12.6 Å². The maximum atomic E-state index is 13.0. The van der Waals surface area contributed by atoms with Crippen LogP contribution in [0.3, 0.4) is 0 Å². The Bertz CT molecular complexity index is 1240. The van der Waals surface area contributed by atoms with E-state index in [-0.39, 0.29) is 25.0 Å². The zero-order chi connectivity index (χ0) is 24.2. The SMILES string of the molecule is CNc1ncc(Cl)c(-c2ccc3c(c2)C(=O)N(CC(=O)NC(CO)c2cccc(OC)c2)C3)n1. The van der Waals surface area contributed by atoms with Gasteiger partial charge in [-0.25, -0.2) is 9.97 Å². The fourth-order valence-corrected chi connectivity index (χ4v) is 4.03. The van der Waals surface area contributed by atoms with Crippen molar-refractivity contribution in [3.63, 3.8) is 0 Å². The molecule has 10 heteroatoms. The molecule has 3 N–H and O–H groups in total. The van der Waals surface area contributed by atoms with Crippen LogP contribution in [-0.4, -0.2) is 59.1 Å². The van der Waals surface area contributed by atoms with Gasteiger partial charge in [-0.3, -0.25) is 9.59 Å². The molecule has 34 heavy (non-hydrogen) atoms. The van der Waals surface area contributed by atoms with Crippen molar-refractivity contribution >= 4 is 29.4 Å². The van der Waals surface area contributed by atoms with E-state index in [1.54, 1.807) is 44.5 Å². The number of anilines is 1. The molecule has 4 rings (SSSR count). The Labute approximate surface area is 201 Å². The zero-order valence-corrected chi connectivity index (χ0v) is 19.5. The molecule has 2 heterocycles. The number of aliphatic hydroxyl groups is 1. The standard InChI is InChI=1S/C24H24ClN5O4/c1-26-24-27-10-19(25)22(29-24)15-6-7-16-11-30(23(33)18(16)9-15)12-21(32)28-20(13-31)14-4-3-5-17(8-14)34-2/h3-10,20,31H,11-13H2,1-2H3,(H,28,32)(H,26,27,29). The van der Waals surface area contributed by atoms with Gasteiger partial charge in [-0.2, -0.15) is 0 Å². The molecule has 176 valence electrons. The number of nitrogens with zero attached hydrogens (tertiary/aromatic N) is 3. The molecule has 0 fully saturated rings. The summed E-state index contributed by atoms with van der Waals surface area (Å²) in [7, 11) is 3.25. The molecule has 3 aromatic rings. The molecule has 1 aromatic heterocycles. The number of halogens is 1. The number of nitrogens with one attached hydrogen (secondary N) is 2. The van der Waals surface area contributed by atoms with Crippen LogP contribution in [0.4, 0.5) is 5.95 Å². The van der Waals surface area contributed by atoms with Crippen molar-refractivity contribution in [1.29, 1.82) is 0 Å². The molecule has 2 aromatic carbocycles. The highest BCUT2D eigenvalue weighted by molar-refractivity contribution is 6.33. The normalized spacial score (nSPS) is 13.4. The Balaban J connectivity index is 1.47. The number of hydrogen-bond donors (Lipinski definition) is 3. The Kier molecular flexibility index (Phi) is 6.95. The fraction of sp³-hybridized carbons (Fsp3) is 0.250. The molecule has 9 nitrogen and oxygen atoms in total. The number of carbonyl (C=O) groups is 2. The van der Waals surface area contributed by atoms with Crippen molar-refractivity contribution in [1.82, 2.24) is 20.2 Å². The van der Waals surface area contributed by atoms with Gasteiger partial charge >= 0.3 is 0 Å². The monoisotopic (exact) mass is 481 g/mol. The third kappa shape index (κ3) is 4.80. The van der Waals surface area contributed by atoms with E-state index in [0.29, 0.717) is 45.6 Å². The van der Waals surface area contributed by atoms with Crippen molar-refractivity contribution in [3.8, 4) is 17.0 Å². The van der Waals surface area contributed by atoms with E-state index < -0.39 is 6.04 Å². The second kappa shape index (κ2) is 10.1. The van der Waals surface area contributed by atoms with Crippen LogP contribution in [0.1, 0.15) is 27.5 Å². The molecule has 2 amide bonds. The summed E-state index contributed by atoms with van der Waals surface area (Å²) in [6.07, 6.45) is 1.50. The Morgan fingerprint density at radius 3 is 2.85 bits per heavy atom. The lowest BCUT2D eigenvalue weighted by Crippen LogP contribution is -2.40. The minimum absolute atomic E-state index is 0.137. The molecular weight excluding hydrogens is 458 g/mol. The molecule has 1 atom stereocenters. The highest BCUT2D eigenvalue weighted by Gasteiger charge is 2.30. The molecule has 0 spiro atoms. The first-order chi connectivity index (χ1) is 16.4. The number of methoxy groups -OCH3 is 1. The van der Waals surface area contributed by atoms with E-state index in [2.05, 4.69) is 20.6 Å². The minimum atomic E-state index is -0.615. The lowest BCUT2D eigenvalue weighted by molar-refractivity contribution is -0.122. The van der Waals surface area contributed by atoms with Gasteiger partial charge in [0, 0.05) is 24.7 Å². The first-order valence-electron chi connectivity index (χ1n) is 10.6. The number of ether oxygens (including phenoxy) is 1. The van der Waals surface area contributed by atoms with Crippen LogP contribution in [0.2, 0.25) is 5.02 Å². The van der Waals surface area contributed by atoms with Crippen molar-refractivity contribution in [3.05, 3.63) is 70.4 Å². The zero-order valence-electron chi connectivity index (χ0n) is 18.7. The van der Waals surface area contributed by atoms with Crippen LogP contribution in [-0.2, 0) is 11.3 Å². The number of rotatable bonds is 8. The van der Waals surface area contributed by atoms with E-state index in [9.17, 15) is 14.7 Å². The molecule has 0 radical (unpaired) electrons. The number of aromatic nitrogens is 2. The summed E-state index contributed by atoms with van der Waals surface area (Å²) < 4.78 is 5.21. The van der Waals surface area contributed by atoms with Gasteiger partial charge in [0.1, 0.15) is 12.3 Å². The maximum absolute atomic E-state index is 13.0. The first-order valence-corrected chi connectivity index (χ1v) is 11.0. The van der Waals surface area contributed by atoms with Crippen LogP contribution in [0.15, 0.2) is 48.7 Å². The number of amides is 2. The van der Waals surface area contributed by atoms with E-state index in [1.165, 1.54) is 11.1 Å². The van der Waals surface area contributed by atoms with Gasteiger partial charge in [-0.05, 0) is 29.3 Å². The molecule has 0 saturated heterocycles. The van der Waals surface area contributed by atoms with Crippen LogP contribution >= 0.6 is 11.6 Å². The molecule has 1 aliphatic heterocycles. The number of fused-ring (bicyclic) bond motifs is 1. The van der Waals surface area contributed by atoms with Gasteiger partial charge in [-0.1, -0.05) is 35.9 Å². The topological polar surface area (TPSA) is 117 Å². The summed E-state index contributed by atoms with van der Waals surface area (Å²) in [6, 6.07) is 11.9. The quantitative estimate of drug-likeness (QED) is 0.453. The van der Waals surface area contributed by atoms with Crippen molar-refractivity contribution in [2.24, 2.45) is 0 Å². The number of hydrogen-bond acceptors (Lipinski definition) is 7. The molecular formula is C24H24ClN5O4. The smallest absolute Gasteiger partial charge is 0.254 e. The number of aliphatic hydroxyl groups excluding tert-OH is 1. The van der Waals surface area contributed by atoms with Gasteiger partial charge in [0.15, 0.2) is 0 Å². The third-order valence-corrected chi connectivity index (χ3v) is 5.85. The Hall–Kier alpha value is -3.69. The average molecular weight is 482 g/mol.